The second-order valence-electron chi connectivity index (χ2n) is 5.12. The Kier molecular flexibility index (Phi) is 4.06. The molecule has 1 aromatic rings. The van der Waals surface area contributed by atoms with E-state index in [1.807, 2.05) is 6.92 Å². The Balaban J connectivity index is 2.43. The van der Waals surface area contributed by atoms with Gasteiger partial charge in [0, 0.05) is 5.56 Å². The molecular weight excluding hydrogens is 259 g/mol. The van der Waals surface area contributed by atoms with Gasteiger partial charge < -0.3 is 5.32 Å². The van der Waals surface area contributed by atoms with Crippen LogP contribution < -0.4 is 10.2 Å². The fraction of sp³-hybridized carbons (Fsp3) is 0.467. The molecule has 1 heterocycles. The van der Waals surface area contributed by atoms with Crippen LogP contribution in [-0.4, -0.2) is 23.9 Å². The van der Waals surface area contributed by atoms with Crippen molar-refractivity contribution in [3.63, 3.8) is 0 Å². The van der Waals surface area contributed by atoms with Gasteiger partial charge in [0.05, 0.1) is 5.69 Å². The number of benzene rings is 1. The number of nitrogens with zero attached hydrogens (tertiary/aromatic N) is 1. The van der Waals surface area contributed by atoms with Crippen LogP contribution in [0.15, 0.2) is 18.2 Å². The van der Waals surface area contributed by atoms with E-state index in [1.54, 1.807) is 26.0 Å². The van der Waals surface area contributed by atoms with Crippen molar-refractivity contribution in [3.05, 3.63) is 29.6 Å². The predicted molar refractivity (Wildman–Crippen MR) is 74.9 cm³/mol. The van der Waals surface area contributed by atoms with Crippen molar-refractivity contribution in [1.29, 1.82) is 0 Å². The molecule has 0 spiro atoms. The number of rotatable bonds is 3. The Labute approximate surface area is 118 Å². The normalized spacial score (nSPS) is 22.9. The van der Waals surface area contributed by atoms with Gasteiger partial charge in [0.2, 0.25) is 11.8 Å². The summed E-state index contributed by atoms with van der Waals surface area (Å²) in [6, 6.07) is 3.43. The van der Waals surface area contributed by atoms with E-state index >= 15 is 0 Å². The van der Waals surface area contributed by atoms with E-state index in [4.69, 9.17) is 0 Å². The number of piperazine rings is 1. The molecule has 2 amide bonds. The lowest BCUT2D eigenvalue weighted by Crippen LogP contribution is -2.62. The van der Waals surface area contributed by atoms with Crippen LogP contribution in [0.2, 0.25) is 0 Å². The number of carbonyl (C=O) groups is 2. The molecule has 20 heavy (non-hydrogen) atoms. The molecule has 1 aliphatic rings. The van der Waals surface area contributed by atoms with E-state index in [2.05, 4.69) is 5.32 Å². The summed E-state index contributed by atoms with van der Waals surface area (Å²) < 4.78 is 13.7. The van der Waals surface area contributed by atoms with E-state index < -0.39 is 12.1 Å². The van der Waals surface area contributed by atoms with Crippen molar-refractivity contribution in [2.45, 2.75) is 45.7 Å². The summed E-state index contributed by atoms with van der Waals surface area (Å²) in [5, 5.41) is 2.73. The van der Waals surface area contributed by atoms with Crippen molar-refractivity contribution >= 4 is 17.5 Å². The molecule has 0 saturated carbocycles. The second kappa shape index (κ2) is 5.61. The third-order valence-electron chi connectivity index (χ3n) is 3.69. The van der Waals surface area contributed by atoms with Gasteiger partial charge in [-0.15, -0.1) is 0 Å². The van der Waals surface area contributed by atoms with Crippen LogP contribution in [0.4, 0.5) is 10.1 Å². The SMILES string of the molecule is CCCC1NC(=O)C(C)N(c2cccc(F)c2C)C1=O. The molecule has 0 bridgehead atoms. The molecule has 108 valence electrons. The monoisotopic (exact) mass is 278 g/mol. The summed E-state index contributed by atoms with van der Waals surface area (Å²) in [4.78, 5) is 25.9. The fourth-order valence-corrected chi connectivity index (χ4v) is 2.50. The molecule has 1 aromatic carbocycles. The zero-order chi connectivity index (χ0) is 14.9. The minimum Gasteiger partial charge on any atom is -0.342 e. The van der Waals surface area contributed by atoms with Crippen LogP contribution in [0.5, 0.6) is 0 Å². The van der Waals surface area contributed by atoms with Gasteiger partial charge in [-0.3, -0.25) is 14.5 Å². The van der Waals surface area contributed by atoms with Gasteiger partial charge in [-0.25, -0.2) is 4.39 Å². The zero-order valence-corrected chi connectivity index (χ0v) is 11.9. The molecular formula is C15H19FN2O2. The van der Waals surface area contributed by atoms with Crippen molar-refractivity contribution < 1.29 is 14.0 Å². The summed E-state index contributed by atoms with van der Waals surface area (Å²) in [6.07, 6.45) is 1.38. The molecule has 4 nitrogen and oxygen atoms in total. The molecule has 1 fully saturated rings. The quantitative estimate of drug-likeness (QED) is 0.921. The van der Waals surface area contributed by atoms with Crippen LogP contribution in [0.1, 0.15) is 32.3 Å². The van der Waals surface area contributed by atoms with Gasteiger partial charge in [-0.2, -0.15) is 0 Å². The maximum absolute atomic E-state index is 13.7. The highest BCUT2D eigenvalue weighted by atomic mass is 19.1. The minimum atomic E-state index is -0.629. The number of hydrogen-bond donors (Lipinski definition) is 1. The lowest BCUT2D eigenvalue weighted by atomic mass is 10.0. The third-order valence-corrected chi connectivity index (χ3v) is 3.69. The van der Waals surface area contributed by atoms with Gasteiger partial charge in [0.15, 0.2) is 0 Å². The molecule has 0 radical (unpaired) electrons. The summed E-state index contributed by atoms with van der Waals surface area (Å²) in [7, 11) is 0. The molecule has 1 saturated heterocycles. The predicted octanol–water partition coefficient (Wildman–Crippen LogP) is 2.15. The molecule has 2 unspecified atom stereocenters. The lowest BCUT2D eigenvalue weighted by molar-refractivity contribution is -0.133. The van der Waals surface area contributed by atoms with Gasteiger partial charge in [-0.1, -0.05) is 19.4 Å². The highest BCUT2D eigenvalue weighted by Crippen LogP contribution is 2.27. The van der Waals surface area contributed by atoms with E-state index in [9.17, 15) is 14.0 Å². The van der Waals surface area contributed by atoms with Crippen molar-refractivity contribution in [3.8, 4) is 0 Å². The van der Waals surface area contributed by atoms with Crippen molar-refractivity contribution in [2.24, 2.45) is 0 Å². The summed E-state index contributed by atoms with van der Waals surface area (Å²) in [6.45, 7) is 5.22. The van der Waals surface area contributed by atoms with Gasteiger partial charge in [0.25, 0.3) is 0 Å². The molecule has 5 heteroatoms. The maximum atomic E-state index is 13.7. The molecule has 1 aliphatic heterocycles. The van der Waals surface area contributed by atoms with Crippen LogP contribution >= 0.6 is 0 Å². The van der Waals surface area contributed by atoms with Crippen LogP contribution in [-0.2, 0) is 9.59 Å². The van der Waals surface area contributed by atoms with Crippen LogP contribution in [0, 0.1) is 12.7 Å². The van der Waals surface area contributed by atoms with E-state index in [1.165, 1.54) is 11.0 Å². The molecule has 0 aromatic heterocycles. The average molecular weight is 278 g/mol. The topological polar surface area (TPSA) is 49.4 Å². The van der Waals surface area contributed by atoms with E-state index in [0.29, 0.717) is 17.7 Å². The first kappa shape index (κ1) is 14.5. The Bertz CT molecular complexity index is 545. The maximum Gasteiger partial charge on any atom is 0.250 e. The van der Waals surface area contributed by atoms with E-state index in [0.717, 1.165) is 6.42 Å². The van der Waals surface area contributed by atoms with Crippen LogP contribution in [0.3, 0.4) is 0 Å². The van der Waals surface area contributed by atoms with Crippen LogP contribution in [0.25, 0.3) is 0 Å². The minimum absolute atomic E-state index is 0.173. The molecule has 2 rings (SSSR count). The second-order valence-corrected chi connectivity index (χ2v) is 5.12. The Morgan fingerprint density at radius 3 is 2.70 bits per heavy atom. The number of nitrogens with one attached hydrogen (secondary N) is 1. The summed E-state index contributed by atoms with van der Waals surface area (Å²) >= 11 is 0. The van der Waals surface area contributed by atoms with Gasteiger partial charge in [0.1, 0.15) is 17.9 Å². The summed E-state index contributed by atoms with van der Waals surface area (Å²) in [5.41, 5.74) is 0.858. The number of carbonyl (C=O) groups excluding carboxylic acids is 2. The third kappa shape index (κ3) is 2.40. The first-order chi connectivity index (χ1) is 9.47. The standard InChI is InChI=1S/C15H19FN2O2/c1-4-6-12-15(20)18(10(3)14(19)17-12)13-8-5-7-11(16)9(13)2/h5,7-8,10,12H,4,6H2,1-3H3,(H,17,19). The number of halogens is 1. The van der Waals surface area contributed by atoms with Crippen molar-refractivity contribution in [1.82, 2.24) is 5.32 Å². The Morgan fingerprint density at radius 2 is 2.05 bits per heavy atom. The number of hydrogen-bond acceptors (Lipinski definition) is 2. The number of anilines is 1. The smallest absolute Gasteiger partial charge is 0.250 e. The largest absolute Gasteiger partial charge is 0.342 e. The average Bonchev–Trinajstić information content (AvgIpc) is 2.41. The fourth-order valence-electron chi connectivity index (χ4n) is 2.50. The Hall–Kier alpha value is -1.91. The molecule has 2 atom stereocenters. The van der Waals surface area contributed by atoms with E-state index in [-0.39, 0.29) is 17.6 Å². The highest BCUT2D eigenvalue weighted by Gasteiger charge is 2.39. The number of amides is 2. The summed E-state index contributed by atoms with van der Waals surface area (Å²) in [5.74, 6) is -0.750. The first-order valence-corrected chi connectivity index (χ1v) is 6.86. The zero-order valence-electron chi connectivity index (χ0n) is 11.9. The Morgan fingerprint density at radius 1 is 1.35 bits per heavy atom. The molecule has 1 N–H and O–H groups in total. The van der Waals surface area contributed by atoms with Gasteiger partial charge in [-0.05, 0) is 32.4 Å². The highest BCUT2D eigenvalue weighted by molar-refractivity contribution is 6.08. The molecule has 0 aliphatic carbocycles. The lowest BCUT2D eigenvalue weighted by Gasteiger charge is -2.38. The first-order valence-electron chi connectivity index (χ1n) is 6.86. The van der Waals surface area contributed by atoms with Gasteiger partial charge >= 0.3 is 0 Å². The van der Waals surface area contributed by atoms with Crippen molar-refractivity contribution in [2.75, 3.05) is 4.90 Å².